The number of amides is 1. The highest BCUT2D eigenvalue weighted by molar-refractivity contribution is 7.92. The fourth-order valence-electron chi connectivity index (χ4n) is 2.94. The van der Waals surface area contributed by atoms with E-state index in [1.165, 1.54) is 0 Å². The smallest absolute Gasteiger partial charge is 0.241 e. The van der Waals surface area contributed by atoms with Gasteiger partial charge in [0, 0.05) is 12.3 Å². The first-order valence-electron chi connectivity index (χ1n) is 8.28. The van der Waals surface area contributed by atoms with Crippen molar-refractivity contribution in [1.29, 1.82) is 0 Å². The minimum Gasteiger partial charge on any atom is -0.497 e. The first-order chi connectivity index (χ1) is 11.8. The van der Waals surface area contributed by atoms with Crippen LogP contribution in [-0.4, -0.2) is 58.2 Å². The third-order valence-electron chi connectivity index (χ3n) is 4.46. The van der Waals surface area contributed by atoms with Crippen LogP contribution in [0.4, 0.5) is 0 Å². The average molecular weight is 370 g/mol. The molecule has 0 aromatic heterocycles. The maximum absolute atomic E-state index is 12.6. The summed E-state index contributed by atoms with van der Waals surface area (Å²) in [5.74, 6) is 0.859. The number of ether oxygens (including phenoxy) is 2. The number of methoxy groups -OCH3 is 1. The third kappa shape index (κ3) is 4.64. The Balaban J connectivity index is 1.97. The van der Waals surface area contributed by atoms with Gasteiger partial charge in [-0.1, -0.05) is 6.07 Å². The molecule has 0 bridgehead atoms. The van der Waals surface area contributed by atoms with E-state index >= 15 is 0 Å². The number of piperidine rings is 1. The van der Waals surface area contributed by atoms with Gasteiger partial charge in [0.15, 0.2) is 14.6 Å². The van der Waals surface area contributed by atoms with E-state index in [2.05, 4.69) is 10.6 Å². The molecule has 1 saturated heterocycles. The monoisotopic (exact) mass is 370 g/mol. The molecule has 1 atom stereocenters. The predicted molar refractivity (Wildman–Crippen MR) is 95.8 cm³/mol. The molecule has 7 nitrogen and oxygen atoms in total. The SMILES string of the molecule is COc1cccc(OC(C)CNC(=O)C2(S(C)(=O)=O)CCNCC2)c1. The molecule has 1 aliphatic heterocycles. The molecule has 25 heavy (non-hydrogen) atoms. The van der Waals surface area contributed by atoms with Crippen molar-refractivity contribution in [2.24, 2.45) is 0 Å². The Morgan fingerprint density at radius 3 is 2.56 bits per heavy atom. The summed E-state index contributed by atoms with van der Waals surface area (Å²) in [5.41, 5.74) is 0. The number of sulfone groups is 1. The van der Waals surface area contributed by atoms with E-state index in [-0.39, 0.29) is 25.5 Å². The summed E-state index contributed by atoms with van der Waals surface area (Å²) in [7, 11) is -1.94. The lowest BCUT2D eigenvalue weighted by Crippen LogP contribution is -2.58. The Bertz CT molecular complexity index is 699. The fraction of sp³-hybridized carbons (Fsp3) is 0.588. The average Bonchev–Trinajstić information content (AvgIpc) is 2.59. The Hall–Kier alpha value is -1.80. The Kier molecular flexibility index (Phi) is 6.29. The number of hydrogen-bond donors (Lipinski definition) is 2. The summed E-state index contributed by atoms with van der Waals surface area (Å²) in [5, 5.41) is 5.84. The first kappa shape index (κ1) is 19.5. The van der Waals surface area contributed by atoms with E-state index < -0.39 is 20.5 Å². The predicted octanol–water partition coefficient (Wildman–Crippen LogP) is 0.746. The van der Waals surface area contributed by atoms with Crippen LogP contribution in [0.2, 0.25) is 0 Å². The van der Waals surface area contributed by atoms with E-state index in [0.717, 1.165) is 6.26 Å². The van der Waals surface area contributed by atoms with Gasteiger partial charge >= 0.3 is 0 Å². The number of rotatable bonds is 7. The van der Waals surface area contributed by atoms with Gasteiger partial charge in [-0.05, 0) is 45.0 Å². The molecule has 1 aromatic carbocycles. The van der Waals surface area contributed by atoms with E-state index in [1.807, 2.05) is 19.1 Å². The van der Waals surface area contributed by atoms with Crippen molar-refractivity contribution in [3.63, 3.8) is 0 Å². The zero-order valence-electron chi connectivity index (χ0n) is 14.9. The molecule has 8 heteroatoms. The highest BCUT2D eigenvalue weighted by Crippen LogP contribution is 2.28. The fourth-order valence-corrected chi connectivity index (χ4v) is 4.30. The molecule has 0 aliphatic carbocycles. The molecule has 2 N–H and O–H groups in total. The van der Waals surface area contributed by atoms with Gasteiger partial charge in [0.2, 0.25) is 5.91 Å². The van der Waals surface area contributed by atoms with E-state index in [4.69, 9.17) is 9.47 Å². The van der Waals surface area contributed by atoms with Crippen LogP contribution in [0.25, 0.3) is 0 Å². The van der Waals surface area contributed by atoms with Gasteiger partial charge in [0.1, 0.15) is 17.6 Å². The number of carbonyl (C=O) groups excluding carboxylic acids is 1. The van der Waals surface area contributed by atoms with Gasteiger partial charge in [-0.3, -0.25) is 4.79 Å². The van der Waals surface area contributed by atoms with Gasteiger partial charge in [0.25, 0.3) is 0 Å². The lowest BCUT2D eigenvalue weighted by molar-refractivity contribution is -0.124. The van der Waals surface area contributed by atoms with E-state index in [0.29, 0.717) is 24.6 Å². The van der Waals surface area contributed by atoms with Crippen LogP contribution >= 0.6 is 0 Å². The molecule has 140 valence electrons. The summed E-state index contributed by atoms with van der Waals surface area (Å²) in [6.07, 6.45) is 1.38. The highest BCUT2D eigenvalue weighted by atomic mass is 32.2. The van der Waals surface area contributed by atoms with Crippen LogP contribution in [0.3, 0.4) is 0 Å². The van der Waals surface area contributed by atoms with Gasteiger partial charge in [-0.15, -0.1) is 0 Å². The molecule has 0 radical (unpaired) electrons. The van der Waals surface area contributed by atoms with Crippen LogP contribution in [0.1, 0.15) is 19.8 Å². The van der Waals surface area contributed by atoms with Crippen LogP contribution in [0, 0.1) is 0 Å². The van der Waals surface area contributed by atoms with Crippen molar-refractivity contribution in [2.75, 3.05) is 33.0 Å². The van der Waals surface area contributed by atoms with Crippen molar-refractivity contribution in [3.8, 4) is 11.5 Å². The summed E-state index contributed by atoms with van der Waals surface area (Å²) >= 11 is 0. The molecule has 0 saturated carbocycles. The van der Waals surface area contributed by atoms with Crippen molar-refractivity contribution in [3.05, 3.63) is 24.3 Å². The van der Waals surface area contributed by atoms with Gasteiger partial charge in [-0.25, -0.2) is 8.42 Å². The van der Waals surface area contributed by atoms with Gasteiger partial charge < -0.3 is 20.1 Å². The van der Waals surface area contributed by atoms with E-state index in [1.54, 1.807) is 19.2 Å². The minimum atomic E-state index is -3.51. The van der Waals surface area contributed by atoms with Crippen LogP contribution < -0.4 is 20.1 Å². The van der Waals surface area contributed by atoms with Crippen molar-refractivity contribution in [1.82, 2.24) is 10.6 Å². The van der Waals surface area contributed by atoms with E-state index in [9.17, 15) is 13.2 Å². The third-order valence-corrected chi connectivity index (χ3v) is 6.48. The zero-order chi connectivity index (χ0) is 18.5. The zero-order valence-corrected chi connectivity index (χ0v) is 15.7. The second-order valence-corrected chi connectivity index (χ2v) is 8.66. The maximum atomic E-state index is 12.6. The molecule has 0 spiro atoms. The number of hydrogen-bond acceptors (Lipinski definition) is 6. The molecule has 1 fully saturated rings. The quantitative estimate of drug-likeness (QED) is 0.736. The molecular formula is C17H26N2O5S. The lowest BCUT2D eigenvalue weighted by atomic mass is 9.96. The molecule has 1 aliphatic rings. The van der Waals surface area contributed by atoms with Crippen LogP contribution in [-0.2, 0) is 14.6 Å². The second-order valence-electron chi connectivity index (χ2n) is 6.33. The second kappa shape index (κ2) is 8.05. The van der Waals surface area contributed by atoms with Crippen molar-refractivity contribution >= 4 is 15.7 Å². The lowest BCUT2D eigenvalue weighted by Gasteiger charge is -2.34. The van der Waals surface area contributed by atoms with Gasteiger partial charge in [0.05, 0.1) is 13.7 Å². The standard InChI is InChI=1S/C17H26N2O5S/c1-13(24-15-6-4-5-14(11-15)23-2)12-19-16(20)17(25(3,21)22)7-9-18-10-8-17/h4-6,11,13,18H,7-10,12H2,1-3H3,(H,19,20). The molecule has 1 aromatic rings. The summed E-state index contributed by atoms with van der Waals surface area (Å²) in [4.78, 5) is 12.6. The van der Waals surface area contributed by atoms with Crippen LogP contribution in [0.5, 0.6) is 11.5 Å². The Morgan fingerprint density at radius 2 is 1.96 bits per heavy atom. The number of nitrogens with one attached hydrogen (secondary N) is 2. The molecular weight excluding hydrogens is 344 g/mol. The molecule has 2 rings (SSSR count). The van der Waals surface area contributed by atoms with Crippen LogP contribution in [0.15, 0.2) is 24.3 Å². The Labute approximate surface area is 149 Å². The molecule has 1 heterocycles. The van der Waals surface area contributed by atoms with Crippen molar-refractivity contribution < 1.29 is 22.7 Å². The summed E-state index contributed by atoms with van der Waals surface area (Å²) in [6, 6.07) is 7.17. The number of carbonyl (C=O) groups is 1. The topological polar surface area (TPSA) is 93.7 Å². The molecule has 1 unspecified atom stereocenters. The minimum absolute atomic E-state index is 0.223. The number of benzene rings is 1. The first-order valence-corrected chi connectivity index (χ1v) is 10.2. The highest BCUT2D eigenvalue weighted by Gasteiger charge is 2.48. The van der Waals surface area contributed by atoms with Gasteiger partial charge in [-0.2, -0.15) is 0 Å². The van der Waals surface area contributed by atoms with Crippen molar-refractivity contribution in [2.45, 2.75) is 30.6 Å². The maximum Gasteiger partial charge on any atom is 0.241 e. The normalized spacial score (nSPS) is 18.2. The summed E-state index contributed by atoms with van der Waals surface area (Å²) < 4.78 is 34.0. The summed E-state index contributed by atoms with van der Waals surface area (Å²) in [6.45, 7) is 3.06. The Morgan fingerprint density at radius 1 is 1.32 bits per heavy atom. The molecule has 1 amide bonds. The largest absolute Gasteiger partial charge is 0.497 e.